The quantitative estimate of drug-likeness (QED) is 0.645. The van der Waals surface area contributed by atoms with Gasteiger partial charge < -0.3 is 14.7 Å². The van der Waals surface area contributed by atoms with Crippen molar-refractivity contribution in [1.82, 2.24) is 4.90 Å². The zero-order valence-electron chi connectivity index (χ0n) is 10.4. The van der Waals surface area contributed by atoms with Crippen LogP contribution in [0.15, 0.2) is 18.2 Å². The lowest BCUT2D eigenvalue weighted by atomic mass is 10.1. The van der Waals surface area contributed by atoms with Crippen molar-refractivity contribution in [2.24, 2.45) is 0 Å². The minimum atomic E-state index is -0.560. The van der Waals surface area contributed by atoms with E-state index >= 15 is 0 Å². The van der Waals surface area contributed by atoms with Gasteiger partial charge >= 0.3 is 0 Å². The number of aliphatic hydroxyl groups is 1. The third kappa shape index (κ3) is 2.65. The molecule has 7 nitrogen and oxygen atoms in total. The maximum atomic E-state index is 12.3. The van der Waals surface area contributed by atoms with Crippen LogP contribution in [0.2, 0.25) is 0 Å². The zero-order valence-corrected chi connectivity index (χ0v) is 10.4. The summed E-state index contributed by atoms with van der Waals surface area (Å²) in [6.45, 7) is 0.677. The summed E-state index contributed by atoms with van der Waals surface area (Å²) < 4.78 is 5.06. The molecule has 0 spiro atoms. The predicted molar refractivity (Wildman–Crippen MR) is 66.2 cm³/mol. The third-order valence-corrected chi connectivity index (χ3v) is 3.07. The highest BCUT2D eigenvalue weighted by molar-refractivity contribution is 5.97. The summed E-state index contributed by atoms with van der Waals surface area (Å²) in [5.74, 6) is -0.0749. The maximum absolute atomic E-state index is 12.3. The minimum Gasteiger partial charge on any atom is -0.496 e. The molecule has 102 valence electrons. The van der Waals surface area contributed by atoms with Crippen LogP contribution in [-0.4, -0.2) is 47.1 Å². The molecule has 0 unspecified atom stereocenters. The van der Waals surface area contributed by atoms with Crippen molar-refractivity contribution in [3.8, 4) is 5.75 Å². The molecule has 7 heteroatoms. The van der Waals surface area contributed by atoms with Crippen LogP contribution in [0.3, 0.4) is 0 Å². The summed E-state index contributed by atoms with van der Waals surface area (Å²) in [7, 11) is 1.40. The molecule has 1 amide bonds. The van der Waals surface area contributed by atoms with Crippen LogP contribution in [0.4, 0.5) is 5.69 Å². The number of hydrogen-bond acceptors (Lipinski definition) is 5. The molecule has 1 atom stereocenters. The normalized spacial score (nSPS) is 18.4. The maximum Gasteiger partial charge on any atom is 0.270 e. The lowest BCUT2D eigenvalue weighted by Gasteiger charge is -2.17. The molecule has 1 N–H and O–H groups in total. The van der Waals surface area contributed by atoms with Gasteiger partial charge in [0.25, 0.3) is 11.6 Å². The van der Waals surface area contributed by atoms with Crippen molar-refractivity contribution in [3.63, 3.8) is 0 Å². The Balaban J connectivity index is 2.33. The summed E-state index contributed by atoms with van der Waals surface area (Å²) in [5, 5.41) is 20.2. The minimum absolute atomic E-state index is 0.144. The lowest BCUT2D eigenvalue weighted by molar-refractivity contribution is -0.384. The second-order valence-electron chi connectivity index (χ2n) is 4.34. The van der Waals surface area contributed by atoms with E-state index in [4.69, 9.17) is 4.74 Å². The first-order valence-corrected chi connectivity index (χ1v) is 5.82. The Bertz CT molecular complexity index is 517. The van der Waals surface area contributed by atoms with E-state index in [1.807, 2.05) is 0 Å². The van der Waals surface area contributed by atoms with Crippen molar-refractivity contribution in [3.05, 3.63) is 33.9 Å². The van der Waals surface area contributed by atoms with Crippen molar-refractivity contribution < 1.29 is 19.6 Å². The van der Waals surface area contributed by atoms with Gasteiger partial charge in [-0.2, -0.15) is 0 Å². The molecular weight excluding hydrogens is 252 g/mol. The second kappa shape index (κ2) is 5.23. The van der Waals surface area contributed by atoms with Crippen LogP contribution in [0, 0.1) is 10.1 Å². The number of likely N-dealkylation sites (tertiary alicyclic amines) is 1. The molecule has 1 aromatic rings. The van der Waals surface area contributed by atoms with Crippen molar-refractivity contribution in [2.45, 2.75) is 12.5 Å². The Kier molecular flexibility index (Phi) is 3.66. The van der Waals surface area contributed by atoms with E-state index in [0.717, 1.165) is 0 Å². The van der Waals surface area contributed by atoms with Crippen molar-refractivity contribution >= 4 is 11.6 Å². The summed E-state index contributed by atoms with van der Waals surface area (Å²) in [5.41, 5.74) is -0.0188. The topological polar surface area (TPSA) is 92.9 Å². The number of aliphatic hydroxyl groups excluding tert-OH is 1. The molecule has 0 saturated carbocycles. The first-order chi connectivity index (χ1) is 9.02. The Morgan fingerprint density at radius 1 is 1.58 bits per heavy atom. The molecule has 0 bridgehead atoms. The van der Waals surface area contributed by atoms with E-state index < -0.39 is 11.0 Å². The number of rotatable bonds is 3. The Labute approximate surface area is 109 Å². The highest BCUT2D eigenvalue weighted by Crippen LogP contribution is 2.26. The number of β-amino-alcohol motifs (C(OH)–C–C–N with tert-alkyl or cyclic N) is 1. The van der Waals surface area contributed by atoms with Gasteiger partial charge in [-0.25, -0.2) is 0 Å². The monoisotopic (exact) mass is 266 g/mol. The van der Waals surface area contributed by atoms with Gasteiger partial charge in [-0.1, -0.05) is 0 Å². The van der Waals surface area contributed by atoms with Crippen LogP contribution in [0.1, 0.15) is 16.8 Å². The fraction of sp³-hybridized carbons (Fsp3) is 0.417. The van der Waals surface area contributed by atoms with Crippen LogP contribution in [0.5, 0.6) is 5.75 Å². The molecule has 0 aromatic heterocycles. The largest absolute Gasteiger partial charge is 0.496 e. The molecule has 2 rings (SSSR count). The third-order valence-electron chi connectivity index (χ3n) is 3.07. The van der Waals surface area contributed by atoms with Gasteiger partial charge in [-0.15, -0.1) is 0 Å². The van der Waals surface area contributed by atoms with E-state index in [9.17, 15) is 20.0 Å². The van der Waals surface area contributed by atoms with Gasteiger partial charge in [0, 0.05) is 25.2 Å². The highest BCUT2D eigenvalue weighted by atomic mass is 16.6. The van der Waals surface area contributed by atoms with Gasteiger partial charge in [-0.05, 0) is 12.5 Å². The second-order valence-corrected chi connectivity index (χ2v) is 4.34. The number of ether oxygens (including phenoxy) is 1. The SMILES string of the molecule is COc1ccc([N+](=O)[O-])cc1C(=O)N1CC[C@@H](O)C1. The van der Waals surface area contributed by atoms with Crippen LogP contribution in [-0.2, 0) is 0 Å². The van der Waals surface area contributed by atoms with Crippen LogP contribution in [0.25, 0.3) is 0 Å². The number of nitro benzene ring substituents is 1. The van der Waals surface area contributed by atoms with Gasteiger partial charge in [0.15, 0.2) is 0 Å². The fourth-order valence-corrected chi connectivity index (χ4v) is 2.07. The molecule has 1 aliphatic rings. The van der Waals surface area contributed by atoms with Gasteiger partial charge in [0.1, 0.15) is 5.75 Å². The van der Waals surface area contributed by atoms with Crippen LogP contribution >= 0.6 is 0 Å². The molecule has 1 aromatic carbocycles. The number of amides is 1. The van der Waals surface area contributed by atoms with E-state index in [2.05, 4.69) is 0 Å². The summed E-state index contributed by atoms with van der Waals surface area (Å²) in [6.07, 6.45) is -0.0168. The smallest absolute Gasteiger partial charge is 0.270 e. The number of non-ortho nitro benzene ring substituents is 1. The summed E-state index contributed by atoms with van der Waals surface area (Å²) >= 11 is 0. The highest BCUT2D eigenvalue weighted by Gasteiger charge is 2.28. The Morgan fingerprint density at radius 2 is 2.32 bits per heavy atom. The zero-order chi connectivity index (χ0) is 14.0. The number of methoxy groups -OCH3 is 1. The molecule has 0 aliphatic carbocycles. The first-order valence-electron chi connectivity index (χ1n) is 5.82. The fourth-order valence-electron chi connectivity index (χ4n) is 2.07. The molecule has 19 heavy (non-hydrogen) atoms. The van der Waals surface area contributed by atoms with E-state index in [0.29, 0.717) is 13.0 Å². The Morgan fingerprint density at radius 3 is 2.84 bits per heavy atom. The van der Waals surface area contributed by atoms with Gasteiger partial charge in [0.05, 0.1) is 23.7 Å². The predicted octanol–water partition coefficient (Wildman–Crippen LogP) is 0.810. The average molecular weight is 266 g/mol. The number of benzene rings is 1. The number of nitrogens with zero attached hydrogens (tertiary/aromatic N) is 2. The summed E-state index contributed by atoms with van der Waals surface area (Å²) in [6, 6.07) is 3.89. The lowest BCUT2D eigenvalue weighted by Crippen LogP contribution is -2.29. The average Bonchev–Trinajstić information content (AvgIpc) is 2.83. The van der Waals surface area contributed by atoms with E-state index in [1.54, 1.807) is 0 Å². The molecule has 1 aliphatic heterocycles. The summed E-state index contributed by atoms with van der Waals surface area (Å²) in [4.78, 5) is 23.9. The van der Waals surface area contributed by atoms with Crippen molar-refractivity contribution in [2.75, 3.05) is 20.2 Å². The standard InChI is InChI=1S/C12H14N2O5/c1-19-11-3-2-8(14(17)18)6-10(11)12(16)13-5-4-9(15)7-13/h2-3,6,9,15H,4-5,7H2,1H3/t9-/m1/s1. The van der Waals surface area contributed by atoms with Gasteiger partial charge in [0.2, 0.25) is 0 Å². The molecule has 1 heterocycles. The van der Waals surface area contributed by atoms with E-state index in [-0.39, 0.29) is 29.5 Å². The Hall–Kier alpha value is -2.15. The first kappa shape index (κ1) is 13.3. The molecule has 1 fully saturated rings. The number of hydrogen-bond donors (Lipinski definition) is 1. The molecule has 0 radical (unpaired) electrons. The van der Waals surface area contributed by atoms with Crippen LogP contribution < -0.4 is 4.74 Å². The number of nitro groups is 1. The number of carbonyl (C=O) groups is 1. The van der Waals surface area contributed by atoms with Gasteiger partial charge in [-0.3, -0.25) is 14.9 Å². The van der Waals surface area contributed by atoms with Crippen molar-refractivity contribution in [1.29, 1.82) is 0 Å². The molecule has 1 saturated heterocycles. The number of carbonyl (C=O) groups excluding carboxylic acids is 1. The van der Waals surface area contributed by atoms with E-state index in [1.165, 1.54) is 30.2 Å². The molecular formula is C12H14N2O5.